The number of urea groups is 1. The number of fused-ring (bicyclic) bond motifs is 3. The summed E-state index contributed by atoms with van der Waals surface area (Å²) in [5, 5.41) is 36.9. The number of carbonyl (C=O) groups excluding carboxylic acids is 3. The molecule has 16 nitrogen and oxygen atoms in total. The number of phenolic OH excluding ortho intramolecular Hbond substituents is 1. The summed E-state index contributed by atoms with van der Waals surface area (Å²) in [5.74, 6) is 3.68. The highest BCUT2D eigenvalue weighted by Gasteiger charge is 2.45. The lowest BCUT2D eigenvalue weighted by Gasteiger charge is -2.38. The normalized spacial score (nSPS) is 20.9. The number of hydrogen-bond donors (Lipinski definition) is 5. The Kier molecular flexibility index (Phi) is 13.9. The van der Waals surface area contributed by atoms with Crippen LogP contribution >= 0.6 is 0 Å². The molecule has 3 fully saturated rings. The largest absolute Gasteiger partial charge is 0.507 e. The second kappa shape index (κ2) is 20.2. The maximum Gasteiger partial charge on any atom is 0.318 e. The summed E-state index contributed by atoms with van der Waals surface area (Å²) in [7, 11) is 0. The number of aliphatic hydroxyl groups is 1. The average Bonchev–Trinajstić information content (AvgIpc) is 3.95. The lowest BCUT2D eigenvalue weighted by molar-refractivity contribution is -0.142. The van der Waals surface area contributed by atoms with Crippen LogP contribution in [0.1, 0.15) is 106 Å². The molecule has 2 aromatic carbocycles. The van der Waals surface area contributed by atoms with Crippen molar-refractivity contribution >= 4 is 34.8 Å². The highest BCUT2D eigenvalue weighted by Crippen LogP contribution is 2.39. The minimum atomic E-state index is -0.885. The number of carbonyl (C=O) groups is 3. The van der Waals surface area contributed by atoms with E-state index in [4.69, 9.17) is 16.4 Å². The van der Waals surface area contributed by atoms with Crippen LogP contribution in [-0.2, 0) is 22.6 Å². The number of nitrogens with zero attached hydrogens (tertiary/aromatic N) is 8. The van der Waals surface area contributed by atoms with Crippen LogP contribution in [-0.4, -0.2) is 132 Å². The van der Waals surface area contributed by atoms with Gasteiger partial charge >= 0.3 is 6.03 Å². The van der Waals surface area contributed by atoms with E-state index in [9.17, 15) is 24.6 Å². The van der Waals surface area contributed by atoms with Gasteiger partial charge in [0.25, 0.3) is 0 Å². The Morgan fingerprint density at radius 2 is 1.68 bits per heavy atom. The van der Waals surface area contributed by atoms with Crippen LogP contribution in [0.3, 0.4) is 0 Å². The molecule has 0 radical (unpaired) electrons. The number of benzene rings is 2. The van der Waals surface area contributed by atoms with Crippen molar-refractivity contribution < 1.29 is 24.6 Å². The summed E-state index contributed by atoms with van der Waals surface area (Å²) >= 11 is 0. The number of hydrogen-bond acceptors (Lipinski definition) is 11. The van der Waals surface area contributed by atoms with Crippen LogP contribution in [0.15, 0.2) is 67.0 Å². The maximum absolute atomic E-state index is 14.2. The molecule has 7 heterocycles. The lowest BCUT2D eigenvalue weighted by atomic mass is 9.85. The van der Waals surface area contributed by atoms with Crippen molar-refractivity contribution in [2.24, 2.45) is 11.3 Å². The van der Waals surface area contributed by atoms with Crippen molar-refractivity contribution in [2.45, 2.75) is 109 Å². The Balaban J connectivity index is 0.722. The molecule has 69 heavy (non-hydrogen) atoms. The smallest absolute Gasteiger partial charge is 0.318 e. The van der Waals surface area contributed by atoms with E-state index >= 15 is 0 Å². The van der Waals surface area contributed by atoms with Crippen LogP contribution in [0.5, 0.6) is 5.75 Å². The van der Waals surface area contributed by atoms with E-state index in [-0.39, 0.29) is 49.1 Å². The number of H-pyrrole nitrogens is 1. The predicted octanol–water partition coefficient (Wildman–Crippen LogP) is 5.91. The number of piperidine rings is 2. The number of para-hydroxylation sites is 1. The number of terminal acetylenes is 1. The van der Waals surface area contributed by atoms with Gasteiger partial charge in [-0.15, -0.1) is 16.6 Å². The van der Waals surface area contributed by atoms with Gasteiger partial charge in [0, 0.05) is 85.7 Å². The van der Waals surface area contributed by atoms with E-state index in [0.717, 1.165) is 104 Å². The molecule has 3 saturated heterocycles. The number of rotatable bonds is 11. The second-order valence-corrected chi connectivity index (χ2v) is 20.5. The SMILES string of the molecule is C#Cc1ccc(CNC(=O)[C@@H]2C[C@@H](O)CN2C(=O)[C@@H](NC(=O)N2CCC(CCN3CCC(c4cnc(N5CCc6[nH]c7nnc(-c8ccccc8O)cc7c6[C@H]5C)nc4)CC3)CC2)C(C)(C)C)cc1. The summed E-state index contributed by atoms with van der Waals surface area (Å²) in [6, 6.07) is 14.5. The molecule has 0 spiro atoms. The van der Waals surface area contributed by atoms with Crippen molar-refractivity contribution in [3.8, 4) is 29.4 Å². The zero-order chi connectivity index (χ0) is 48.4. The van der Waals surface area contributed by atoms with Crippen LogP contribution in [0.2, 0.25) is 0 Å². The fraction of sp³-hybridized carbons (Fsp3) is 0.491. The van der Waals surface area contributed by atoms with E-state index in [1.54, 1.807) is 12.1 Å². The topological polar surface area (TPSA) is 196 Å². The van der Waals surface area contributed by atoms with Crippen molar-refractivity contribution in [1.82, 2.24) is 50.5 Å². The third-order valence-electron chi connectivity index (χ3n) is 14.9. The van der Waals surface area contributed by atoms with Crippen LogP contribution in [0, 0.1) is 23.7 Å². The Hall–Kier alpha value is -6.57. The minimum Gasteiger partial charge on any atom is -0.507 e. The van der Waals surface area contributed by atoms with Gasteiger partial charge in [0.2, 0.25) is 17.8 Å². The molecule has 4 amide bonds. The summed E-state index contributed by atoms with van der Waals surface area (Å²) < 4.78 is 0. The van der Waals surface area contributed by atoms with E-state index in [0.29, 0.717) is 36.2 Å². The number of nitrogens with one attached hydrogen (secondary N) is 3. The van der Waals surface area contributed by atoms with Gasteiger partial charge in [-0.05, 0) is 117 Å². The van der Waals surface area contributed by atoms with Gasteiger partial charge in [0.15, 0.2) is 5.65 Å². The molecule has 3 aromatic heterocycles. The van der Waals surface area contributed by atoms with Gasteiger partial charge in [-0.25, -0.2) is 14.8 Å². The Morgan fingerprint density at radius 1 is 0.957 bits per heavy atom. The maximum atomic E-state index is 14.2. The molecule has 9 rings (SSSR count). The average molecular weight is 936 g/mol. The molecule has 4 atom stereocenters. The minimum absolute atomic E-state index is 0.0162. The molecule has 16 heteroatoms. The molecular formula is C53H65N11O5. The predicted molar refractivity (Wildman–Crippen MR) is 264 cm³/mol. The molecule has 0 aliphatic carbocycles. The number of likely N-dealkylation sites (tertiary alicyclic amines) is 3. The molecule has 5 aromatic rings. The number of β-amino-alcohol motifs (C(OH)–C–C–N with tert-alkyl or cyclic N) is 1. The summed E-state index contributed by atoms with van der Waals surface area (Å²) in [6.07, 6.45) is 14.6. The molecule has 0 bridgehead atoms. The molecule has 0 unspecified atom stereocenters. The highest BCUT2D eigenvalue weighted by molar-refractivity contribution is 5.93. The number of amides is 4. The third-order valence-corrected chi connectivity index (χ3v) is 14.9. The van der Waals surface area contributed by atoms with Gasteiger partial charge in [-0.3, -0.25) is 9.59 Å². The van der Waals surface area contributed by atoms with Crippen molar-refractivity contribution in [2.75, 3.05) is 50.7 Å². The van der Waals surface area contributed by atoms with Gasteiger partial charge in [0.1, 0.15) is 17.8 Å². The Morgan fingerprint density at radius 3 is 2.38 bits per heavy atom. The van der Waals surface area contributed by atoms with E-state index in [2.05, 4.69) is 48.5 Å². The van der Waals surface area contributed by atoms with Crippen LogP contribution < -0.4 is 15.5 Å². The van der Waals surface area contributed by atoms with Crippen molar-refractivity contribution in [1.29, 1.82) is 0 Å². The lowest BCUT2D eigenvalue weighted by Crippen LogP contribution is -2.60. The zero-order valence-corrected chi connectivity index (χ0v) is 40.2. The molecule has 4 aliphatic rings. The first-order valence-corrected chi connectivity index (χ1v) is 24.6. The highest BCUT2D eigenvalue weighted by atomic mass is 16.3. The number of aromatic nitrogens is 5. The Bertz CT molecular complexity index is 2680. The summed E-state index contributed by atoms with van der Waals surface area (Å²) in [5.41, 5.74) is 6.48. The molecule has 4 aliphatic heterocycles. The first-order valence-electron chi connectivity index (χ1n) is 24.6. The number of anilines is 1. The third kappa shape index (κ3) is 10.4. The number of aliphatic hydroxyl groups excluding tert-OH is 1. The van der Waals surface area contributed by atoms with Gasteiger partial charge in [-0.2, -0.15) is 0 Å². The molecule has 5 N–H and O–H groups in total. The summed E-state index contributed by atoms with van der Waals surface area (Å²) in [6.45, 7) is 13.2. The van der Waals surface area contributed by atoms with E-state index in [1.807, 2.05) is 80.5 Å². The van der Waals surface area contributed by atoms with Gasteiger partial charge in [-0.1, -0.05) is 51.0 Å². The summed E-state index contributed by atoms with van der Waals surface area (Å²) in [4.78, 5) is 62.7. The monoisotopic (exact) mass is 936 g/mol. The molecule has 0 saturated carbocycles. The second-order valence-electron chi connectivity index (χ2n) is 20.5. The van der Waals surface area contributed by atoms with Crippen LogP contribution in [0.25, 0.3) is 22.3 Å². The molecular weight excluding hydrogens is 871 g/mol. The van der Waals surface area contributed by atoms with E-state index in [1.165, 1.54) is 10.5 Å². The fourth-order valence-electron chi connectivity index (χ4n) is 10.7. The van der Waals surface area contributed by atoms with Crippen molar-refractivity contribution in [3.05, 3.63) is 94.9 Å². The number of aromatic hydroxyl groups is 1. The quantitative estimate of drug-likeness (QED) is 0.0989. The standard InChI is InChI=1S/C53H65N11O5/c1-6-34-11-13-36(14-12-34)29-54-49(67)44-27-39(65)32-64(44)50(68)47(53(3,4)5)58-52(69)62-24-16-35(17-25-62)15-21-61-22-18-37(19-23-61)38-30-55-51(56-31-38)63-26-20-42-46(33(63)2)41-28-43(59-60-48(41)57-42)40-9-7-8-10-45(40)66/h1,7-14,28,30-31,33,35,37,39,44,47,65-66H,15-27,29,32H2,2-5H3,(H,54,67)(H,57,60)(H,58,69)/t33-,39-,44+,47-/m1/s1. The zero-order valence-electron chi connectivity index (χ0n) is 40.2. The van der Waals surface area contributed by atoms with Crippen molar-refractivity contribution in [3.63, 3.8) is 0 Å². The molecule has 362 valence electrons. The number of aromatic amines is 1. The Labute approximate surface area is 404 Å². The first kappa shape index (κ1) is 47.5. The fourth-order valence-corrected chi connectivity index (χ4v) is 10.7. The van der Waals surface area contributed by atoms with Crippen LogP contribution in [0.4, 0.5) is 10.7 Å². The first-order chi connectivity index (χ1) is 33.2. The van der Waals surface area contributed by atoms with Gasteiger partial charge < -0.3 is 45.4 Å². The van der Waals surface area contributed by atoms with E-state index < -0.39 is 23.6 Å². The number of phenols is 1. The van der Waals surface area contributed by atoms with Gasteiger partial charge in [0.05, 0.1) is 17.8 Å².